The van der Waals surface area contributed by atoms with Gasteiger partial charge in [-0.25, -0.2) is 4.98 Å². The summed E-state index contributed by atoms with van der Waals surface area (Å²) in [6.45, 7) is 4.88. The van der Waals surface area contributed by atoms with Gasteiger partial charge in [-0.3, -0.25) is 19.3 Å². The Bertz CT molecular complexity index is 1350. The number of nitrogens with zero attached hydrogens (tertiary/aromatic N) is 5. The summed E-state index contributed by atoms with van der Waals surface area (Å²) < 4.78 is 1.80. The number of nitrogens with one attached hydrogen (secondary N) is 1. The van der Waals surface area contributed by atoms with Gasteiger partial charge in [0.1, 0.15) is 12.0 Å². The Hall–Kier alpha value is -4.33. The van der Waals surface area contributed by atoms with Crippen LogP contribution in [0.15, 0.2) is 79.3 Å². The van der Waals surface area contributed by atoms with E-state index in [2.05, 4.69) is 20.4 Å². The van der Waals surface area contributed by atoms with Crippen LogP contribution < -0.4 is 10.2 Å². The van der Waals surface area contributed by atoms with E-state index in [1.165, 1.54) is 0 Å². The van der Waals surface area contributed by atoms with Crippen molar-refractivity contribution in [1.82, 2.24) is 25.1 Å². The van der Waals surface area contributed by atoms with E-state index >= 15 is 0 Å². The normalized spacial score (nSPS) is 14.7. The molecule has 35 heavy (non-hydrogen) atoms. The summed E-state index contributed by atoms with van der Waals surface area (Å²) in [6, 6.07) is 20.6. The van der Waals surface area contributed by atoms with Crippen molar-refractivity contribution in [3.05, 3.63) is 107 Å². The average Bonchev–Trinajstić information content (AvgIpc) is 3.53. The van der Waals surface area contributed by atoms with Crippen LogP contribution in [0.5, 0.6) is 0 Å². The summed E-state index contributed by atoms with van der Waals surface area (Å²) in [5.74, 6) is 0.00199. The van der Waals surface area contributed by atoms with Crippen molar-refractivity contribution < 1.29 is 9.59 Å². The van der Waals surface area contributed by atoms with Crippen molar-refractivity contribution >= 4 is 17.5 Å². The summed E-state index contributed by atoms with van der Waals surface area (Å²) in [5, 5.41) is 7.63. The first kappa shape index (κ1) is 22.5. The summed E-state index contributed by atoms with van der Waals surface area (Å²) in [4.78, 5) is 36.7. The fourth-order valence-electron chi connectivity index (χ4n) is 4.22. The SMILES string of the molecule is CC(C)n1cnc([C@H]2CN(C(=O)c3ccccn3)c3ccc(C(=O)NCc4ccccc4)cc32)n1. The average molecular weight is 467 g/mol. The van der Waals surface area contributed by atoms with Crippen molar-refractivity contribution in [3.63, 3.8) is 0 Å². The van der Waals surface area contributed by atoms with Crippen molar-refractivity contribution in [3.8, 4) is 0 Å². The van der Waals surface area contributed by atoms with Crippen molar-refractivity contribution in [2.75, 3.05) is 11.4 Å². The van der Waals surface area contributed by atoms with Gasteiger partial charge in [0.05, 0.1) is 5.92 Å². The third-order valence-electron chi connectivity index (χ3n) is 6.11. The molecule has 0 spiro atoms. The Balaban J connectivity index is 1.47. The van der Waals surface area contributed by atoms with E-state index < -0.39 is 0 Å². The van der Waals surface area contributed by atoms with Crippen LogP contribution in [-0.2, 0) is 6.54 Å². The van der Waals surface area contributed by atoms with E-state index in [4.69, 9.17) is 0 Å². The number of hydrogen-bond acceptors (Lipinski definition) is 5. The molecule has 1 aliphatic rings. The molecule has 8 nitrogen and oxygen atoms in total. The molecular formula is C27H26N6O2. The van der Waals surface area contributed by atoms with Crippen molar-refractivity contribution in [1.29, 1.82) is 0 Å². The lowest BCUT2D eigenvalue weighted by Gasteiger charge is -2.17. The number of pyridine rings is 1. The number of hydrogen-bond donors (Lipinski definition) is 1. The van der Waals surface area contributed by atoms with Crippen LogP contribution in [-0.4, -0.2) is 38.1 Å². The van der Waals surface area contributed by atoms with E-state index in [-0.39, 0.29) is 23.8 Å². The zero-order chi connectivity index (χ0) is 24.4. The minimum absolute atomic E-state index is 0.165. The fraction of sp³-hybridized carbons (Fsp3) is 0.222. The van der Waals surface area contributed by atoms with Crippen molar-refractivity contribution in [2.24, 2.45) is 0 Å². The summed E-state index contributed by atoms with van der Waals surface area (Å²) in [6.07, 6.45) is 3.31. The topological polar surface area (TPSA) is 93.0 Å². The monoisotopic (exact) mass is 466 g/mol. The molecule has 0 aliphatic carbocycles. The van der Waals surface area contributed by atoms with Crippen molar-refractivity contribution in [2.45, 2.75) is 32.4 Å². The molecule has 1 aliphatic heterocycles. The molecule has 0 saturated carbocycles. The van der Waals surface area contributed by atoms with Crippen LogP contribution in [0.2, 0.25) is 0 Å². The molecule has 0 unspecified atom stereocenters. The van der Waals surface area contributed by atoms with Crippen LogP contribution in [0.4, 0.5) is 5.69 Å². The molecule has 3 heterocycles. The first-order valence-electron chi connectivity index (χ1n) is 11.6. The number of carbonyl (C=O) groups is 2. The molecule has 0 fully saturated rings. The standard InChI is InChI=1S/C27H26N6O2/c1-18(2)33-17-30-25(31-33)22-16-32(27(35)23-10-6-7-13-28-23)24-12-11-20(14-21(22)24)26(34)29-15-19-8-4-3-5-9-19/h3-14,17-18,22H,15-16H2,1-2H3,(H,29,34)/t22-/m0/s1. The van der Waals surface area contributed by atoms with Gasteiger partial charge in [0, 0.05) is 36.6 Å². The summed E-state index contributed by atoms with van der Waals surface area (Å²) in [7, 11) is 0. The zero-order valence-electron chi connectivity index (χ0n) is 19.6. The van der Waals surface area contributed by atoms with E-state index in [0.29, 0.717) is 30.2 Å². The number of rotatable bonds is 6. The number of anilines is 1. The quantitative estimate of drug-likeness (QED) is 0.464. The van der Waals surface area contributed by atoms with Gasteiger partial charge in [-0.05, 0) is 55.3 Å². The number of benzene rings is 2. The van der Waals surface area contributed by atoms with Gasteiger partial charge in [0.25, 0.3) is 11.8 Å². The highest BCUT2D eigenvalue weighted by molar-refractivity contribution is 6.07. The summed E-state index contributed by atoms with van der Waals surface area (Å²) >= 11 is 0. The van der Waals surface area contributed by atoms with E-state index in [1.807, 2.05) is 56.3 Å². The minimum Gasteiger partial charge on any atom is -0.348 e. The molecule has 4 aromatic rings. The molecule has 0 saturated heterocycles. The molecule has 0 radical (unpaired) electrons. The van der Waals surface area contributed by atoms with Crippen LogP contribution >= 0.6 is 0 Å². The van der Waals surface area contributed by atoms with Gasteiger partial charge in [-0.1, -0.05) is 36.4 Å². The predicted octanol–water partition coefficient (Wildman–Crippen LogP) is 3.98. The molecule has 176 valence electrons. The lowest BCUT2D eigenvalue weighted by molar-refractivity contribution is 0.0949. The molecular weight excluding hydrogens is 440 g/mol. The Kier molecular flexibility index (Phi) is 6.10. The van der Waals surface area contributed by atoms with Gasteiger partial charge in [0.2, 0.25) is 0 Å². The number of carbonyl (C=O) groups excluding carboxylic acids is 2. The highest BCUT2D eigenvalue weighted by Gasteiger charge is 2.37. The smallest absolute Gasteiger partial charge is 0.276 e. The maximum Gasteiger partial charge on any atom is 0.276 e. The first-order chi connectivity index (χ1) is 17.0. The van der Waals surface area contributed by atoms with Crippen LogP contribution in [0, 0.1) is 0 Å². The Morgan fingerprint density at radius 1 is 1.03 bits per heavy atom. The zero-order valence-corrected chi connectivity index (χ0v) is 19.6. The van der Waals surface area contributed by atoms with Gasteiger partial charge >= 0.3 is 0 Å². The number of amides is 2. The maximum absolute atomic E-state index is 13.3. The highest BCUT2D eigenvalue weighted by atomic mass is 16.2. The first-order valence-corrected chi connectivity index (χ1v) is 11.6. The molecule has 2 amide bonds. The predicted molar refractivity (Wildman–Crippen MR) is 132 cm³/mol. The van der Waals surface area contributed by atoms with Crippen LogP contribution in [0.1, 0.15) is 63.6 Å². The Morgan fingerprint density at radius 3 is 2.54 bits per heavy atom. The maximum atomic E-state index is 13.3. The largest absolute Gasteiger partial charge is 0.348 e. The lowest BCUT2D eigenvalue weighted by Crippen LogP contribution is -2.30. The van der Waals surface area contributed by atoms with E-state index in [1.54, 1.807) is 46.4 Å². The third kappa shape index (κ3) is 4.55. The Labute approximate surface area is 203 Å². The van der Waals surface area contributed by atoms with Crippen LogP contribution in [0.3, 0.4) is 0 Å². The second-order valence-corrected chi connectivity index (χ2v) is 8.80. The highest BCUT2D eigenvalue weighted by Crippen LogP contribution is 2.40. The molecule has 2 aromatic heterocycles. The van der Waals surface area contributed by atoms with Gasteiger partial charge < -0.3 is 10.2 Å². The molecule has 0 bridgehead atoms. The van der Waals surface area contributed by atoms with E-state index in [9.17, 15) is 9.59 Å². The Morgan fingerprint density at radius 2 is 1.83 bits per heavy atom. The van der Waals surface area contributed by atoms with Gasteiger partial charge in [-0.15, -0.1) is 0 Å². The number of aromatic nitrogens is 4. The number of fused-ring (bicyclic) bond motifs is 1. The van der Waals surface area contributed by atoms with Crippen LogP contribution in [0.25, 0.3) is 0 Å². The molecule has 1 N–H and O–H groups in total. The van der Waals surface area contributed by atoms with Gasteiger partial charge in [0.15, 0.2) is 5.82 Å². The van der Waals surface area contributed by atoms with E-state index in [0.717, 1.165) is 16.8 Å². The fourth-order valence-corrected chi connectivity index (χ4v) is 4.22. The lowest BCUT2D eigenvalue weighted by atomic mass is 9.98. The molecule has 8 heteroatoms. The molecule has 1 atom stereocenters. The minimum atomic E-state index is -0.250. The molecule has 2 aromatic carbocycles. The second-order valence-electron chi connectivity index (χ2n) is 8.80. The van der Waals surface area contributed by atoms with Gasteiger partial charge in [-0.2, -0.15) is 5.10 Å². The molecule has 5 rings (SSSR count). The third-order valence-corrected chi connectivity index (χ3v) is 6.11. The summed E-state index contributed by atoms with van der Waals surface area (Å²) in [5.41, 5.74) is 3.51. The second kappa shape index (κ2) is 9.50.